The second-order valence-electron chi connectivity index (χ2n) is 2.33. The zero-order valence-corrected chi connectivity index (χ0v) is 6.81. The van der Waals surface area contributed by atoms with Crippen molar-refractivity contribution in [3.63, 3.8) is 0 Å². The van der Waals surface area contributed by atoms with Crippen LogP contribution in [0.3, 0.4) is 0 Å². The number of hydrogen-bond donors (Lipinski definition) is 0. The third-order valence-electron chi connectivity index (χ3n) is 1.53. The first-order valence-corrected chi connectivity index (χ1v) is 3.94. The van der Waals surface area contributed by atoms with Crippen molar-refractivity contribution in [3.8, 4) is 0 Å². The highest BCUT2D eigenvalue weighted by Crippen LogP contribution is 2.18. The van der Waals surface area contributed by atoms with Crippen molar-refractivity contribution < 1.29 is 8.81 Å². The highest BCUT2D eigenvalue weighted by atomic mass is 35.5. The van der Waals surface area contributed by atoms with Crippen LogP contribution in [-0.2, 0) is 5.88 Å². The fourth-order valence-electron chi connectivity index (χ4n) is 1.02. The van der Waals surface area contributed by atoms with Gasteiger partial charge in [-0.25, -0.2) is 9.37 Å². The van der Waals surface area contributed by atoms with Crippen molar-refractivity contribution in [2.24, 2.45) is 0 Å². The third-order valence-corrected chi connectivity index (χ3v) is 1.76. The van der Waals surface area contributed by atoms with Gasteiger partial charge in [-0.3, -0.25) is 0 Å². The molecule has 0 aliphatic rings. The molecule has 0 saturated carbocycles. The van der Waals surface area contributed by atoms with Crippen molar-refractivity contribution in [2.75, 3.05) is 0 Å². The number of hydrogen-bond acceptors (Lipinski definition) is 2. The summed E-state index contributed by atoms with van der Waals surface area (Å²) in [5.74, 6) is 0.123. The Bertz CT molecular complexity index is 412. The summed E-state index contributed by atoms with van der Waals surface area (Å²) in [6, 6.07) is 4.56. The van der Waals surface area contributed by atoms with E-state index in [2.05, 4.69) is 4.98 Å². The summed E-state index contributed by atoms with van der Waals surface area (Å²) in [7, 11) is 0. The van der Waals surface area contributed by atoms with Crippen LogP contribution in [0.1, 0.15) is 5.89 Å². The molecule has 62 valence electrons. The Morgan fingerprint density at radius 2 is 2.33 bits per heavy atom. The minimum absolute atomic E-state index is 0.161. The third kappa shape index (κ3) is 1.06. The zero-order chi connectivity index (χ0) is 8.55. The predicted molar refractivity (Wildman–Crippen MR) is 43.5 cm³/mol. The fourth-order valence-corrected chi connectivity index (χ4v) is 1.13. The van der Waals surface area contributed by atoms with Gasteiger partial charge < -0.3 is 4.42 Å². The Morgan fingerprint density at radius 3 is 3.00 bits per heavy atom. The highest BCUT2D eigenvalue weighted by Gasteiger charge is 2.07. The second-order valence-corrected chi connectivity index (χ2v) is 2.60. The van der Waals surface area contributed by atoms with Gasteiger partial charge in [0.15, 0.2) is 11.4 Å². The molecule has 4 heteroatoms. The molecule has 0 saturated heterocycles. The number of nitrogens with zero attached hydrogens (tertiary/aromatic N) is 1. The topological polar surface area (TPSA) is 26.0 Å². The Labute approximate surface area is 73.0 Å². The molecule has 0 bridgehead atoms. The normalized spacial score (nSPS) is 10.8. The first-order chi connectivity index (χ1) is 5.81. The van der Waals surface area contributed by atoms with Crippen molar-refractivity contribution in [3.05, 3.63) is 29.9 Å². The molecule has 1 aromatic carbocycles. The molecule has 2 rings (SSSR count). The molecule has 0 amide bonds. The van der Waals surface area contributed by atoms with E-state index in [1.165, 1.54) is 6.07 Å². The van der Waals surface area contributed by atoms with Gasteiger partial charge in [0.25, 0.3) is 0 Å². The van der Waals surface area contributed by atoms with Gasteiger partial charge in [0.05, 0.1) is 5.88 Å². The van der Waals surface area contributed by atoms with Gasteiger partial charge in [0, 0.05) is 0 Å². The number of aromatic nitrogens is 1. The molecule has 0 aliphatic carbocycles. The van der Waals surface area contributed by atoms with Crippen LogP contribution in [0.2, 0.25) is 0 Å². The average molecular weight is 186 g/mol. The Hall–Kier alpha value is -1.09. The molecule has 0 atom stereocenters. The molecule has 0 spiro atoms. The molecular weight excluding hydrogens is 181 g/mol. The largest absolute Gasteiger partial charge is 0.439 e. The quantitative estimate of drug-likeness (QED) is 0.639. The minimum atomic E-state index is -0.382. The van der Waals surface area contributed by atoms with E-state index < -0.39 is 0 Å². The molecular formula is C8H5ClFNO. The van der Waals surface area contributed by atoms with Crippen LogP contribution < -0.4 is 0 Å². The molecule has 0 radical (unpaired) electrons. The summed E-state index contributed by atoms with van der Waals surface area (Å²) >= 11 is 5.47. The first-order valence-electron chi connectivity index (χ1n) is 3.41. The summed E-state index contributed by atoms with van der Waals surface area (Å²) in [5.41, 5.74) is 0.679. The summed E-state index contributed by atoms with van der Waals surface area (Å²) in [6.45, 7) is 0. The van der Waals surface area contributed by atoms with Crippen molar-refractivity contribution >= 4 is 22.7 Å². The maximum absolute atomic E-state index is 13.0. The molecule has 0 unspecified atom stereocenters. The Morgan fingerprint density at radius 1 is 1.50 bits per heavy atom. The average Bonchev–Trinajstić information content (AvgIpc) is 2.49. The Balaban J connectivity index is 2.74. The summed E-state index contributed by atoms with van der Waals surface area (Å²) in [6.07, 6.45) is 0. The van der Waals surface area contributed by atoms with Crippen molar-refractivity contribution in [1.29, 1.82) is 0 Å². The van der Waals surface area contributed by atoms with Gasteiger partial charge in [-0.15, -0.1) is 11.6 Å². The van der Waals surface area contributed by atoms with Crippen LogP contribution in [0, 0.1) is 5.82 Å². The van der Waals surface area contributed by atoms with Crippen LogP contribution in [0.25, 0.3) is 11.1 Å². The second kappa shape index (κ2) is 2.75. The molecule has 0 fully saturated rings. The number of rotatable bonds is 1. The molecule has 2 aromatic rings. The maximum Gasteiger partial charge on any atom is 0.210 e. The van der Waals surface area contributed by atoms with E-state index in [9.17, 15) is 4.39 Å². The summed E-state index contributed by atoms with van der Waals surface area (Å²) in [4.78, 5) is 3.86. The molecule has 0 aliphatic heterocycles. The van der Waals surface area contributed by atoms with Crippen LogP contribution in [0.4, 0.5) is 4.39 Å². The Kier molecular flexibility index (Phi) is 1.73. The number of fused-ring (bicyclic) bond motifs is 1. The maximum atomic E-state index is 13.0. The summed E-state index contributed by atoms with van der Waals surface area (Å²) in [5, 5.41) is 0. The molecule has 1 heterocycles. The first kappa shape index (κ1) is 7.55. The van der Waals surface area contributed by atoms with Gasteiger partial charge in [-0.2, -0.15) is 0 Å². The number of benzene rings is 1. The van der Waals surface area contributed by atoms with Crippen LogP contribution in [0.5, 0.6) is 0 Å². The van der Waals surface area contributed by atoms with Gasteiger partial charge in [-0.1, -0.05) is 6.07 Å². The van der Waals surface area contributed by atoms with Crippen LogP contribution in [-0.4, -0.2) is 4.98 Å². The number of alkyl halides is 1. The minimum Gasteiger partial charge on any atom is -0.439 e. The lowest BCUT2D eigenvalue weighted by Crippen LogP contribution is -1.77. The lowest BCUT2D eigenvalue weighted by molar-refractivity contribution is 0.554. The van der Waals surface area contributed by atoms with Crippen molar-refractivity contribution in [2.45, 2.75) is 5.88 Å². The van der Waals surface area contributed by atoms with Crippen LogP contribution in [0.15, 0.2) is 22.6 Å². The molecule has 0 N–H and O–H groups in total. The molecule has 12 heavy (non-hydrogen) atoms. The monoisotopic (exact) mass is 185 g/mol. The van der Waals surface area contributed by atoms with E-state index in [0.29, 0.717) is 11.5 Å². The number of para-hydroxylation sites is 1. The zero-order valence-electron chi connectivity index (χ0n) is 6.05. The van der Waals surface area contributed by atoms with E-state index >= 15 is 0 Å². The smallest absolute Gasteiger partial charge is 0.210 e. The molecule has 1 aromatic heterocycles. The lowest BCUT2D eigenvalue weighted by Gasteiger charge is -1.85. The number of oxazole rings is 1. The van der Waals surface area contributed by atoms with E-state index in [4.69, 9.17) is 16.0 Å². The fraction of sp³-hybridized carbons (Fsp3) is 0.125. The van der Waals surface area contributed by atoms with Gasteiger partial charge >= 0.3 is 0 Å². The summed E-state index contributed by atoms with van der Waals surface area (Å²) < 4.78 is 18.1. The lowest BCUT2D eigenvalue weighted by atomic mass is 10.3. The predicted octanol–water partition coefficient (Wildman–Crippen LogP) is 2.71. The van der Waals surface area contributed by atoms with Crippen molar-refractivity contribution in [1.82, 2.24) is 4.98 Å². The number of halogens is 2. The van der Waals surface area contributed by atoms with E-state index in [0.717, 1.165) is 0 Å². The van der Waals surface area contributed by atoms with E-state index in [1.807, 2.05) is 0 Å². The molecule has 2 nitrogen and oxygen atoms in total. The van der Waals surface area contributed by atoms with Gasteiger partial charge in [-0.05, 0) is 12.1 Å². The SMILES string of the molecule is Fc1cccc2oc(CCl)nc12. The van der Waals surface area contributed by atoms with E-state index in [-0.39, 0.29) is 17.2 Å². The van der Waals surface area contributed by atoms with Gasteiger partial charge in [0.1, 0.15) is 5.52 Å². The van der Waals surface area contributed by atoms with E-state index in [1.54, 1.807) is 12.1 Å². The standard InChI is InChI=1S/C8H5ClFNO/c9-4-7-11-8-5(10)2-1-3-6(8)12-7/h1-3H,4H2. The van der Waals surface area contributed by atoms with Gasteiger partial charge in [0.2, 0.25) is 5.89 Å². The highest BCUT2D eigenvalue weighted by molar-refractivity contribution is 6.16. The van der Waals surface area contributed by atoms with Crippen LogP contribution >= 0.6 is 11.6 Å².